The van der Waals surface area contributed by atoms with Crippen molar-refractivity contribution in [3.8, 4) is 11.1 Å². The van der Waals surface area contributed by atoms with Gasteiger partial charge in [-0.3, -0.25) is 0 Å². The van der Waals surface area contributed by atoms with Gasteiger partial charge in [0.25, 0.3) is 0 Å². The number of rotatable bonds is 1. The van der Waals surface area contributed by atoms with Crippen LogP contribution in [0.3, 0.4) is 0 Å². The van der Waals surface area contributed by atoms with Gasteiger partial charge in [0.05, 0.1) is 0 Å². The molecule has 0 aliphatic rings. The van der Waals surface area contributed by atoms with Crippen molar-refractivity contribution in [1.82, 2.24) is 0 Å². The average molecular weight is 212 g/mol. The van der Waals surface area contributed by atoms with Crippen molar-refractivity contribution in [3.05, 3.63) is 59.7 Å². The molecule has 16 heavy (non-hydrogen) atoms. The van der Waals surface area contributed by atoms with Crippen molar-refractivity contribution in [2.45, 2.75) is 27.7 Å². The first-order valence-electron chi connectivity index (χ1n) is 5.89. The van der Waals surface area contributed by atoms with Crippen LogP contribution in [-0.2, 0) is 0 Å². The Morgan fingerprint density at radius 1 is 0.500 bits per heavy atom. The third-order valence-corrected chi connectivity index (χ3v) is 2.44. The molecular weight excluding hydrogens is 192 g/mol. The Balaban J connectivity index is 0.000000606. The standard InChI is InChI=1S/C14H14.C2H6/c1-11-3-7-13(8-4-11)14-9-5-12(2)6-10-14;1-2/h3-10H,1-2H3;1-2H3. The molecule has 0 bridgehead atoms. The molecule has 0 unspecified atom stereocenters. The molecule has 0 aliphatic heterocycles. The second-order valence-electron chi connectivity index (χ2n) is 3.73. The minimum Gasteiger partial charge on any atom is -0.0683 e. The van der Waals surface area contributed by atoms with Crippen LogP contribution in [0.4, 0.5) is 0 Å². The molecule has 0 heterocycles. The van der Waals surface area contributed by atoms with Crippen LogP contribution in [0.2, 0.25) is 0 Å². The predicted molar refractivity (Wildman–Crippen MR) is 72.7 cm³/mol. The molecule has 0 heteroatoms. The summed E-state index contributed by atoms with van der Waals surface area (Å²) in [7, 11) is 0. The molecule has 0 N–H and O–H groups in total. The van der Waals surface area contributed by atoms with Crippen LogP contribution in [0.25, 0.3) is 11.1 Å². The second kappa shape index (κ2) is 6.12. The molecule has 2 rings (SSSR count). The van der Waals surface area contributed by atoms with Crippen LogP contribution in [0.1, 0.15) is 25.0 Å². The maximum atomic E-state index is 2.17. The lowest BCUT2D eigenvalue weighted by molar-refractivity contribution is 1.45. The Morgan fingerprint density at radius 3 is 1.00 bits per heavy atom. The molecule has 0 spiro atoms. The molecule has 0 radical (unpaired) electrons. The molecule has 0 amide bonds. The molecule has 84 valence electrons. The molecule has 2 aromatic rings. The third kappa shape index (κ3) is 3.23. The van der Waals surface area contributed by atoms with E-state index < -0.39 is 0 Å². The minimum atomic E-state index is 1.29. The number of hydrogen-bond acceptors (Lipinski definition) is 0. The van der Waals surface area contributed by atoms with Crippen LogP contribution in [0.5, 0.6) is 0 Å². The van der Waals surface area contributed by atoms with E-state index in [1.54, 1.807) is 0 Å². The Morgan fingerprint density at radius 2 is 0.750 bits per heavy atom. The minimum absolute atomic E-state index is 1.29. The van der Waals surface area contributed by atoms with Gasteiger partial charge in [-0.2, -0.15) is 0 Å². The zero-order valence-electron chi connectivity index (χ0n) is 10.6. The predicted octanol–water partition coefficient (Wildman–Crippen LogP) is 5.00. The Labute approximate surface area is 99.0 Å². The Kier molecular flexibility index (Phi) is 4.78. The van der Waals surface area contributed by atoms with E-state index in [2.05, 4.69) is 62.4 Å². The van der Waals surface area contributed by atoms with Crippen LogP contribution < -0.4 is 0 Å². The van der Waals surface area contributed by atoms with Crippen molar-refractivity contribution in [2.75, 3.05) is 0 Å². The van der Waals surface area contributed by atoms with Gasteiger partial charge in [-0.05, 0) is 25.0 Å². The number of hydrogen-bond donors (Lipinski definition) is 0. The van der Waals surface area contributed by atoms with E-state index in [-0.39, 0.29) is 0 Å². The van der Waals surface area contributed by atoms with Gasteiger partial charge >= 0.3 is 0 Å². The van der Waals surface area contributed by atoms with Gasteiger partial charge < -0.3 is 0 Å². The first kappa shape index (κ1) is 12.5. The first-order chi connectivity index (χ1) is 7.75. The maximum absolute atomic E-state index is 2.17. The highest BCUT2D eigenvalue weighted by atomic mass is 14.0. The highest BCUT2D eigenvalue weighted by Crippen LogP contribution is 2.19. The summed E-state index contributed by atoms with van der Waals surface area (Å²) in [6, 6.07) is 17.3. The van der Waals surface area contributed by atoms with E-state index in [0.717, 1.165) is 0 Å². The molecule has 0 saturated heterocycles. The van der Waals surface area contributed by atoms with Crippen LogP contribution in [-0.4, -0.2) is 0 Å². The zero-order valence-corrected chi connectivity index (χ0v) is 10.6. The first-order valence-corrected chi connectivity index (χ1v) is 5.89. The number of aryl methyl sites for hydroxylation is 2. The smallest absolute Gasteiger partial charge is 0.0184 e. The van der Waals surface area contributed by atoms with Crippen molar-refractivity contribution >= 4 is 0 Å². The van der Waals surface area contributed by atoms with Crippen LogP contribution in [0, 0.1) is 13.8 Å². The summed E-state index contributed by atoms with van der Waals surface area (Å²) in [5.74, 6) is 0. The van der Waals surface area contributed by atoms with Gasteiger partial charge in [-0.25, -0.2) is 0 Å². The van der Waals surface area contributed by atoms with E-state index in [1.165, 1.54) is 22.3 Å². The van der Waals surface area contributed by atoms with Crippen molar-refractivity contribution in [2.24, 2.45) is 0 Å². The topological polar surface area (TPSA) is 0 Å². The summed E-state index contributed by atoms with van der Waals surface area (Å²) in [5.41, 5.74) is 5.19. The van der Waals surface area contributed by atoms with Crippen LogP contribution >= 0.6 is 0 Å². The van der Waals surface area contributed by atoms with E-state index in [1.807, 2.05) is 13.8 Å². The van der Waals surface area contributed by atoms with E-state index in [9.17, 15) is 0 Å². The summed E-state index contributed by atoms with van der Waals surface area (Å²) < 4.78 is 0. The van der Waals surface area contributed by atoms with Gasteiger partial charge in [0.15, 0.2) is 0 Å². The monoisotopic (exact) mass is 212 g/mol. The van der Waals surface area contributed by atoms with E-state index >= 15 is 0 Å². The molecule has 0 saturated carbocycles. The van der Waals surface area contributed by atoms with Crippen molar-refractivity contribution in [1.29, 1.82) is 0 Å². The molecule has 2 aromatic carbocycles. The van der Waals surface area contributed by atoms with Crippen LogP contribution in [0.15, 0.2) is 48.5 Å². The largest absolute Gasteiger partial charge is 0.0683 e. The summed E-state index contributed by atoms with van der Waals surface area (Å²) in [6.07, 6.45) is 0. The van der Waals surface area contributed by atoms with E-state index in [4.69, 9.17) is 0 Å². The molecule has 0 fully saturated rings. The summed E-state index contributed by atoms with van der Waals surface area (Å²) >= 11 is 0. The quantitative estimate of drug-likeness (QED) is 0.624. The highest BCUT2D eigenvalue weighted by molar-refractivity contribution is 5.63. The fourth-order valence-electron chi connectivity index (χ4n) is 1.49. The Hall–Kier alpha value is -1.56. The highest BCUT2D eigenvalue weighted by Gasteiger charge is 1.95. The lowest BCUT2D eigenvalue weighted by Crippen LogP contribution is -1.78. The third-order valence-electron chi connectivity index (χ3n) is 2.44. The lowest BCUT2D eigenvalue weighted by Gasteiger charge is -2.02. The molecular formula is C16H20. The fraction of sp³-hybridized carbons (Fsp3) is 0.250. The van der Waals surface area contributed by atoms with Gasteiger partial charge in [0.2, 0.25) is 0 Å². The molecule has 0 atom stereocenters. The lowest BCUT2D eigenvalue weighted by atomic mass is 10.0. The van der Waals surface area contributed by atoms with Crippen molar-refractivity contribution < 1.29 is 0 Å². The number of benzene rings is 2. The van der Waals surface area contributed by atoms with E-state index in [0.29, 0.717) is 0 Å². The van der Waals surface area contributed by atoms with Gasteiger partial charge in [-0.1, -0.05) is 73.5 Å². The molecule has 0 aliphatic carbocycles. The summed E-state index contributed by atoms with van der Waals surface area (Å²) in [4.78, 5) is 0. The second-order valence-corrected chi connectivity index (χ2v) is 3.73. The fourth-order valence-corrected chi connectivity index (χ4v) is 1.49. The zero-order chi connectivity index (χ0) is 12.0. The van der Waals surface area contributed by atoms with Gasteiger partial charge in [-0.15, -0.1) is 0 Å². The average Bonchev–Trinajstić information content (AvgIpc) is 2.34. The normalized spacial score (nSPS) is 9.25. The SMILES string of the molecule is CC.Cc1ccc(-c2ccc(C)cc2)cc1. The van der Waals surface area contributed by atoms with Gasteiger partial charge in [0, 0.05) is 0 Å². The Bertz CT molecular complexity index is 363. The molecule has 0 aromatic heterocycles. The molecule has 0 nitrogen and oxygen atoms in total. The summed E-state index contributed by atoms with van der Waals surface area (Å²) in [5, 5.41) is 0. The summed E-state index contributed by atoms with van der Waals surface area (Å²) in [6.45, 7) is 8.22. The van der Waals surface area contributed by atoms with Crippen molar-refractivity contribution in [3.63, 3.8) is 0 Å². The van der Waals surface area contributed by atoms with Gasteiger partial charge in [0.1, 0.15) is 0 Å². The maximum Gasteiger partial charge on any atom is -0.0184 e.